The number of carbonyl (C=O) groups excluding carboxylic acids is 1. The molecule has 0 amide bonds. The molecule has 1 N–H and O–H groups in total. The number of carbonyl (C=O) groups is 1. The van der Waals surface area contributed by atoms with E-state index in [9.17, 15) is 9.90 Å². The Balaban J connectivity index is 2.32. The van der Waals surface area contributed by atoms with Crippen LogP contribution in [-0.2, 0) is 4.74 Å². The van der Waals surface area contributed by atoms with E-state index in [1.54, 1.807) is 0 Å². The van der Waals surface area contributed by atoms with Gasteiger partial charge in [-0.2, -0.15) is 0 Å². The van der Waals surface area contributed by atoms with Crippen LogP contribution in [0.15, 0.2) is 39.4 Å². The SMILES string of the molecule is COC(=O)c1sc(Sc2ccccc2)c(Cl)c1O. The molecule has 1 heterocycles. The second kappa shape index (κ2) is 5.65. The molecule has 94 valence electrons. The third-order valence-electron chi connectivity index (χ3n) is 2.12. The van der Waals surface area contributed by atoms with E-state index in [1.807, 2.05) is 30.3 Å². The molecule has 0 unspecified atom stereocenters. The Morgan fingerprint density at radius 1 is 1.39 bits per heavy atom. The number of benzene rings is 1. The summed E-state index contributed by atoms with van der Waals surface area (Å²) in [5.74, 6) is -0.800. The largest absolute Gasteiger partial charge is 0.505 e. The zero-order valence-electron chi connectivity index (χ0n) is 9.34. The second-order valence-corrected chi connectivity index (χ2v) is 6.03. The minimum atomic E-state index is -0.584. The van der Waals surface area contributed by atoms with Gasteiger partial charge in [-0.05, 0) is 12.1 Å². The van der Waals surface area contributed by atoms with Crippen LogP contribution >= 0.6 is 34.7 Å². The van der Waals surface area contributed by atoms with Gasteiger partial charge >= 0.3 is 5.97 Å². The van der Waals surface area contributed by atoms with Gasteiger partial charge in [0.15, 0.2) is 10.6 Å². The molecule has 0 aliphatic heterocycles. The van der Waals surface area contributed by atoms with Crippen LogP contribution in [0.3, 0.4) is 0 Å². The molecular weight excluding hydrogens is 292 g/mol. The number of rotatable bonds is 3. The van der Waals surface area contributed by atoms with Gasteiger partial charge in [0.05, 0.1) is 11.3 Å². The second-order valence-electron chi connectivity index (χ2n) is 3.29. The van der Waals surface area contributed by atoms with Gasteiger partial charge in [-0.15, -0.1) is 11.3 Å². The molecule has 0 fully saturated rings. The Kier molecular flexibility index (Phi) is 4.16. The molecule has 3 nitrogen and oxygen atoms in total. The van der Waals surface area contributed by atoms with Crippen molar-refractivity contribution < 1.29 is 14.6 Å². The lowest BCUT2D eigenvalue weighted by Crippen LogP contribution is -1.97. The van der Waals surface area contributed by atoms with Gasteiger partial charge in [0, 0.05) is 4.90 Å². The number of halogens is 1. The van der Waals surface area contributed by atoms with Crippen molar-refractivity contribution in [2.24, 2.45) is 0 Å². The molecule has 0 radical (unpaired) electrons. The van der Waals surface area contributed by atoms with Gasteiger partial charge in [-0.25, -0.2) is 4.79 Å². The molecule has 1 aromatic heterocycles. The average molecular weight is 301 g/mol. The molecule has 0 aliphatic rings. The summed E-state index contributed by atoms with van der Waals surface area (Å²) in [5.41, 5.74) is 0. The van der Waals surface area contributed by atoms with E-state index < -0.39 is 5.97 Å². The van der Waals surface area contributed by atoms with Crippen LogP contribution in [0.1, 0.15) is 9.67 Å². The minimum absolute atomic E-state index is 0.126. The van der Waals surface area contributed by atoms with Crippen molar-refractivity contribution in [1.29, 1.82) is 0 Å². The van der Waals surface area contributed by atoms with Crippen molar-refractivity contribution >= 4 is 40.7 Å². The van der Waals surface area contributed by atoms with E-state index in [0.29, 0.717) is 4.21 Å². The van der Waals surface area contributed by atoms with Crippen molar-refractivity contribution in [1.82, 2.24) is 0 Å². The number of esters is 1. The summed E-state index contributed by atoms with van der Waals surface area (Å²) in [6, 6.07) is 9.58. The summed E-state index contributed by atoms with van der Waals surface area (Å²) in [6.07, 6.45) is 0. The van der Waals surface area contributed by atoms with Crippen molar-refractivity contribution in [2.75, 3.05) is 7.11 Å². The lowest BCUT2D eigenvalue weighted by molar-refractivity contribution is 0.0603. The van der Waals surface area contributed by atoms with Crippen LogP contribution in [0.25, 0.3) is 0 Å². The predicted octanol–water partition coefficient (Wildman–Crippen LogP) is 4.04. The van der Waals surface area contributed by atoms with Gasteiger partial charge in [-0.3, -0.25) is 0 Å². The molecule has 2 aromatic rings. The molecule has 0 atom stereocenters. The Hall–Kier alpha value is -1.17. The molecule has 0 aliphatic carbocycles. The molecule has 0 saturated carbocycles. The first-order valence-corrected chi connectivity index (χ1v) is 6.97. The van der Waals surface area contributed by atoms with E-state index >= 15 is 0 Å². The standard InChI is InChI=1S/C12H9ClO3S2/c1-16-11(15)10-9(14)8(13)12(18-10)17-7-5-3-2-4-6-7/h2-6,14H,1H3. The van der Waals surface area contributed by atoms with Crippen molar-refractivity contribution in [2.45, 2.75) is 9.10 Å². The van der Waals surface area contributed by atoms with E-state index in [-0.39, 0.29) is 15.6 Å². The smallest absolute Gasteiger partial charge is 0.351 e. The predicted molar refractivity (Wildman–Crippen MR) is 72.9 cm³/mol. The van der Waals surface area contributed by atoms with Gasteiger partial charge in [0.25, 0.3) is 0 Å². The first-order chi connectivity index (χ1) is 8.63. The highest BCUT2D eigenvalue weighted by molar-refractivity contribution is 8.01. The van der Waals surface area contributed by atoms with Crippen LogP contribution in [0.4, 0.5) is 0 Å². The highest BCUT2D eigenvalue weighted by atomic mass is 35.5. The zero-order chi connectivity index (χ0) is 13.1. The Labute approximate surface area is 117 Å². The number of hydrogen-bond acceptors (Lipinski definition) is 5. The lowest BCUT2D eigenvalue weighted by atomic mass is 10.4. The van der Waals surface area contributed by atoms with Crippen LogP contribution in [0, 0.1) is 0 Å². The highest BCUT2D eigenvalue weighted by Gasteiger charge is 2.22. The Morgan fingerprint density at radius 3 is 2.67 bits per heavy atom. The first-order valence-electron chi connectivity index (χ1n) is 4.96. The van der Waals surface area contributed by atoms with Gasteiger partial charge in [0.2, 0.25) is 0 Å². The van der Waals surface area contributed by atoms with Crippen LogP contribution in [0.2, 0.25) is 5.02 Å². The molecule has 0 saturated heterocycles. The summed E-state index contributed by atoms with van der Waals surface area (Å²) < 4.78 is 5.25. The molecule has 18 heavy (non-hydrogen) atoms. The maximum absolute atomic E-state index is 11.4. The molecule has 1 aromatic carbocycles. The molecule has 2 rings (SSSR count). The third-order valence-corrected chi connectivity index (χ3v) is 5.06. The van der Waals surface area contributed by atoms with Crippen LogP contribution in [0.5, 0.6) is 5.75 Å². The number of aromatic hydroxyl groups is 1. The first kappa shape index (κ1) is 13.3. The number of thiophene rings is 1. The topological polar surface area (TPSA) is 46.5 Å². The molecule has 0 spiro atoms. The lowest BCUT2D eigenvalue weighted by Gasteiger charge is -1.97. The molecular formula is C12H9ClO3S2. The van der Waals surface area contributed by atoms with E-state index in [0.717, 1.165) is 16.2 Å². The van der Waals surface area contributed by atoms with Gasteiger partial charge in [0.1, 0.15) is 5.02 Å². The summed E-state index contributed by atoms with van der Waals surface area (Å²) >= 11 is 8.51. The third kappa shape index (κ3) is 2.63. The number of methoxy groups -OCH3 is 1. The van der Waals surface area contributed by atoms with E-state index in [2.05, 4.69) is 4.74 Å². The Bertz CT molecular complexity index is 566. The molecule has 0 bridgehead atoms. The maximum Gasteiger partial charge on any atom is 0.351 e. The maximum atomic E-state index is 11.4. The fraction of sp³-hybridized carbons (Fsp3) is 0.0833. The quantitative estimate of drug-likeness (QED) is 0.869. The number of ether oxygens (including phenoxy) is 1. The summed E-state index contributed by atoms with van der Waals surface area (Å²) in [5, 5.41) is 9.95. The van der Waals surface area contributed by atoms with E-state index in [1.165, 1.54) is 18.9 Å². The summed E-state index contributed by atoms with van der Waals surface area (Å²) in [4.78, 5) is 12.5. The fourth-order valence-electron chi connectivity index (χ4n) is 1.27. The van der Waals surface area contributed by atoms with Crippen molar-refractivity contribution in [3.05, 3.63) is 40.2 Å². The average Bonchev–Trinajstić information content (AvgIpc) is 2.67. The van der Waals surface area contributed by atoms with Crippen LogP contribution in [-0.4, -0.2) is 18.2 Å². The van der Waals surface area contributed by atoms with Crippen molar-refractivity contribution in [3.63, 3.8) is 0 Å². The molecule has 6 heteroatoms. The summed E-state index contributed by atoms with van der Waals surface area (Å²) in [7, 11) is 1.26. The highest BCUT2D eigenvalue weighted by Crippen LogP contribution is 2.46. The minimum Gasteiger partial charge on any atom is -0.505 e. The van der Waals surface area contributed by atoms with Gasteiger partial charge < -0.3 is 9.84 Å². The van der Waals surface area contributed by atoms with Gasteiger partial charge in [-0.1, -0.05) is 41.6 Å². The van der Waals surface area contributed by atoms with Crippen molar-refractivity contribution in [3.8, 4) is 5.75 Å². The Morgan fingerprint density at radius 2 is 2.06 bits per heavy atom. The van der Waals surface area contributed by atoms with Crippen LogP contribution < -0.4 is 0 Å². The number of hydrogen-bond donors (Lipinski definition) is 1. The van der Waals surface area contributed by atoms with E-state index in [4.69, 9.17) is 11.6 Å². The monoisotopic (exact) mass is 300 g/mol. The zero-order valence-corrected chi connectivity index (χ0v) is 11.7. The summed E-state index contributed by atoms with van der Waals surface area (Å²) in [6.45, 7) is 0. The normalized spacial score (nSPS) is 10.3. The fourth-order valence-corrected chi connectivity index (χ4v) is 3.79.